The van der Waals surface area contributed by atoms with Crippen LogP contribution in [0.3, 0.4) is 0 Å². The average molecular weight is 430 g/mol. The Labute approximate surface area is 147 Å². The molecule has 23 heavy (non-hydrogen) atoms. The van der Waals surface area contributed by atoms with Gasteiger partial charge in [-0.3, -0.25) is 4.79 Å². The van der Waals surface area contributed by atoms with E-state index in [0.29, 0.717) is 29.8 Å². The summed E-state index contributed by atoms with van der Waals surface area (Å²) in [5.74, 6) is -0.509. The van der Waals surface area contributed by atoms with Crippen LogP contribution < -0.4 is 10.2 Å². The molecule has 1 N–H and O–H groups in total. The van der Waals surface area contributed by atoms with Crippen molar-refractivity contribution in [3.05, 3.63) is 37.7 Å². The average Bonchev–Trinajstić information content (AvgIpc) is 2.48. The van der Waals surface area contributed by atoms with Crippen molar-refractivity contribution in [2.45, 2.75) is 13.5 Å². The zero-order valence-corrected chi connectivity index (χ0v) is 15.5. The first-order valence-corrected chi connectivity index (χ1v) is 8.30. The summed E-state index contributed by atoms with van der Waals surface area (Å²) >= 11 is 2.10. The molecule has 0 saturated heterocycles. The number of likely N-dealkylation sites (N-methyl/N-ethyl adjacent to an activating group) is 1. The van der Waals surface area contributed by atoms with Gasteiger partial charge in [-0.1, -0.05) is 0 Å². The minimum Gasteiger partial charge on any atom is -0.491 e. The fourth-order valence-electron chi connectivity index (χ4n) is 2.25. The number of aryl methyl sites for hydroxylation is 1. The highest BCUT2D eigenvalue weighted by atomic mass is 127. The molecule has 0 aliphatic heterocycles. The smallest absolute Gasteiger partial charge is 0.341 e. The Morgan fingerprint density at radius 2 is 2.09 bits per heavy atom. The molecule has 2 aromatic rings. The van der Waals surface area contributed by atoms with Crippen LogP contribution in [0.5, 0.6) is 5.75 Å². The molecule has 0 amide bonds. The van der Waals surface area contributed by atoms with Crippen LogP contribution in [0.1, 0.15) is 17.3 Å². The largest absolute Gasteiger partial charge is 0.491 e. The van der Waals surface area contributed by atoms with Crippen molar-refractivity contribution < 1.29 is 14.6 Å². The Bertz CT molecular complexity index is 799. The highest BCUT2D eigenvalue weighted by molar-refractivity contribution is 14.1. The highest BCUT2D eigenvalue weighted by Crippen LogP contribution is 2.26. The Balaban J connectivity index is 2.56. The lowest BCUT2D eigenvalue weighted by molar-refractivity contribution is 0.0695. The molecule has 0 atom stereocenters. The fourth-order valence-corrected chi connectivity index (χ4v) is 2.88. The first-order chi connectivity index (χ1) is 10.8. The zero-order chi connectivity index (χ0) is 17.1. The van der Waals surface area contributed by atoms with Crippen molar-refractivity contribution in [1.29, 1.82) is 0 Å². The number of halogens is 1. The Kier molecular flexibility index (Phi) is 5.64. The van der Waals surface area contributed by atoms with Crippen LogP contribution in [-0.4, -0.2) is 47.8 Å². The van der Waals surface area contributed by atoms with Crippen molar-refractivity contribution in [2.75, 3.05) is 27.2 Å². The van der Waals surface area contributed by atoms with Crippen LogP contribution in [0, 0.1) is 3.57 Å². The van der Waals surface area contributed by atoms with E-state index in [4.69, 9.17) is 4.74 Å². The number of carbonyl (C=O) groups is 1. The molecular weight excluding hydrogens is 411 g/mol. The number of carboxylic acid groups (broad SMARTS) is 1. The molecule has 1 aromatic carbocycles. The molecule has 0 radical (unpaired) electrons. The molecule has 0 saturated carbocycles. The minimum absolute atomic E-state index is 0.212. The Hall–Kier alpha value is -1.61. The van der Waals surface area contributed by atoms with Gasteiger partial charge in [-0.25, -0.2) is 4.79 Å². The standard InChI is InChI=1S/C16H19IN2O4/c1-4-19-9-11(16(21)22)15(20)10-7-12(17)14(8-13(10)19)23-6-5-18(2)3/h7-9H,4-6H2,1-3H3,(H,21,22). The van der Waals surface area contributed by atoms with Gasteiger partial charge in [-0.2, -0.15) is 0 Å². The molecule has 0 spiro atoms. The van der Waals surface area contributed by atoms with Gasteiger partial charge in [0.05, 0.1) is 9.09 Å². The van der Waals surface area contributed by atoms with E-state index in [1.165, 1.54) is 6.20 Å². The van der Waals surface area contributed by atoms with Crippen LogP contribution in [0.4, 0.5) is 0 Å². The van der Waals surface area contributed by atoms with Gasteiger partial charge in [0.15, 0.2) is 0 Å². The van der Waals surface area contributed by atoms with Gasteiger partial charge in [0.1, 0.15) is 17.9 Å². The molecule has 1 heterocycles. The SMILES string of the molecule is CCn1cc(C(=O)O)c(=O)c2cc(I)c(OCCN(C)C)cc21. The van der Waals surface area contributed by atoms with Crippen LogP contribution in [0.25, 0.3) is 10.9 Å². The maximum atomic E-state index is 12.4. The topological polar surface area (TPSA) is 71.8 Å². The maximum absolute atomic E-state index is 12.4. The number of ether oxygens (including phenoxy) is 1. The molecule has 6 nitrogen and oxygen atoms in total. The van der Waals surface area contributed by atoms with Crippen LogP contribution in [-0.2, 0) is 6.54 Å². The quantitative estimate of drug-likeness (QED) is 0.713. The van der Waals surface area contributed by atoms with E-state index in [-0.39, 0.29) is 5.56 Å². The number of rotatable bonds is 6. The second-order valence-electron chi connectivity index (χ2n) is 5.41. The summed E-state index contributed by atoms with van der Waals surface area (Å²) in [6, 6.07) is 3.51. The van der Waals surface area contributed by atoms with E-state index in [2.05, 4.69) is 22.6 Å². The molecule has 0 aliphatic rings. The second-order valence-corrected chi connectivity index (χ2v) is 6.58. The predicted octanol–water partition coefficient (Wildman–Crippen LogP) is 2.26. The highest BCUT2D eigenvalue weighted by Gasteiger charge is 2.16. The number of carboxylic acids is 1. The molecule has 1 aromatic heterocycles. The number of aromatic nitrogens is 1. The molecule has 0 aliphatic carbocycles. The minimum atomic E-state index is -1.21. The van der Waals surface area contributed by atoms with Crippen molar-refractivity contribution >= 4 is 39.5 Å². The number of aromatic carboxylic acids is 1. The first kappa shape index (κ1) is 17.7. The van der Waals surface area contributed by atoms with Gasteiger partial charge in [-0.15, -0.1) is 0 Å². The molecule has 0 fully saturated rings. The number of hydrogen-bond donors (Lipinski definition) is 1. The third kappa shape index (κ3) is 3.84. The molecule has 124 valence electrons. The monoisotopic (exact) mass is 430 g/mol. The van der Waals surface area contributed by atoms with Gasteiger partial charge in [0.2, 0.25) is 5.43 Å². The number of fused-ring (bicyclic) bond motifs is 1. The first-order valence-electron chi connectivity index (χ1n) is 7.22. The van der Waals surface area contributed by atoms with Crippen LogP contribution in [0.2, 0.25) is 0 Å². The fraction of sp³-hybridized carbons (Fsp3) is 0.375. The van der Waals surface area contributed by atoms with Crippen LogP contribution in [0.15, 0.2) is 23.1 Å². The molecule has 0 bridgehead atoms. The molecule has 7 heteroatoms. The number of benzene rings is 1. The van der Waals surface area contributed by atoms with Gasteiger partial charge in [0.25, 0.3) is 0 Å². The van der Waals surface area contributed by atoms with Crippen LogP contribution >= 0.6 is 22.6 Å². The Morgan fingerprint density at radius 3 is 2.65 bits per heavy atom. The van der Waals surface area contributed by atoms with E-state index >= 15 is 0 Å². The summed E-state index contributed by atoms with van der Waals surface area (Å²) in [5.41, 5.74) is 0.00847. The Morgan fingerprint density at radius 1 is 1.39 bits per heavy atom. The lowest BCUT2D eigenvalue weighted by Gasteiger charge is -2.15. The molecule has 2 rings (SSSR count). The van der Waals surface area contributed by atoms with E-state index < -0.39 is 11.4 Å². The predicted molar refractivity (Wildman–Crippen MR) is 97.6 cm³/mol. The number of hydrogen-bond acceptors (Lipinski definition) is 4. The summed E-state index contributed by atoms with van der Waals surface area (Å²) in [6.07, 6.45) is 1.39. The third-order valence-corrected chi connectivity index (χ3v) is 4.34. The zero-order valence-electron chi connectivity index (χ0n) is 13.3. The van der Waals surface area contributed by atoms with Gasteiger partial charge < -0.3 is 19.3 Å². The van der Waals surface area contributed by atoms with E-state index in [1.807, 2.05) is 32.0 Å². The van der Waals surface area contributed by atoms with E-state index in [0.717, 1.165) is 10.1 Å². The second kappa shape index (κ2) is 7.31. The lowest BCUT2D eigenvalue weighted by Crippen LogP contribution is -2.20. The van der Waals surface area contributed by atoms with E-state index in [9.17, 15) is 14.7 Å². The molecular formula is C16H19IN2O4. The van der Waals surface area contributed by atoms with Gasteiger partial charge in [-0.05, 0) is 49.7 Å². The normalized spacial score (nSPS) is 11.2. The summed E-state index contributed by atoms with van der Waals surface area (Å²) in [5, 5.41) is 9.59. The van der Waals surface area contributed by atoms with Gasteiger partial charge in [0, 0.05) is 30.7 Å². The van der Waals surface area contributed by atoms with Crippen molar-refractivity contribution in [3.63, 3.8) is 0 Å². The summed E-state index contributed by atoms with van der Waals surface area (Å²) in [7, 11) is 3.94. The summed E-state index contributed by atoms with van der Waals surface area (Å²) in [4.78, 5) is 25.6. The van der Waals surface area contributed by atoms with E-state index in [1.54, 1.807) is 10.6 Å². The number of pyridine rings is 1. The number of nitrogens with zero attached hydrogens (tertiary/aromatic N) is 2. The summed E-state index contributed by atoms with van der Waals surface area (Å²) in [6.45, 7) is 3.79. The maximum Gasteiger partial charge on any atom is 0.341 e. The van der Waals surface area contributed by atoms with Crippen molar-refractivity contribution in [2.24, 2.45) is 0 Å². The van der Waals surface area contributed by atoms with Crippen molar-refractivity contribution in [3.8, 4) is 5.75 Å². The van der Waals surface area contributed by atoms with Crippen molar-refractivity contribution in [1.82, 2.24) is 9.47 Å². The third-order valence-electron chi connectivity index (χ3n) is 3.50. The lowest BCUT2D eigenvalue weighted by atomic mass is 10.1. The summed E-state index contributed by atoms with van der Waals surface area (Å²) < 4.78 is 8.34. The molecule has 0 unspecified atom stereocenters. The van der Waals surface area contributed by atoms with Gasteiger partial charge >= 0.3 is 5.97 Å².